The summed E-state index contributed by atoms with van der Waals surface area (Å²) in [5, 5.41) is 15.8. The second kappa shape index (κ2) is 7.19. The number of methoxy groups -OCH3 is 1. The third kappa shape index (κ3) is 4.54. The number of esters is 1. The van der Waals surface area contributed by atoms with E-state index in [1.165, 1.54) is 18.4 Å². The van der Waals surface area contributed by atoms with Crippen molar-refractivity contribution in [3.8, 4) is 5.75 Å². The van der Waals surface area contributed by atoms with Crippen LogP contribution in [0.5, 0.6) is 5.75 Å². The van der Waals surface area contributed by atoms with Crippen molar-refractivity contribution in [1.29, 1.82) is 0 Å². The van der Waals surface area contributed by atoms with Crippen LogP contribution < -0.4 is 5.43 Å². The number of halogens is 1. The number of phenolic OH excluding ortho intramolecular Hbond substituents is 1. The zero-order valence-electron chi connectivity index (χ0n) is 11.0. The van der Waals surface area contributed by atoms with E-state index in [0.29, 0.717) is 15.3 Å². The van der Waals surface area contributed by atoms with Gasteiger partial charge >= 0.3 is 5.97 Å². The Morgan fingerprint density at radius 1 is 1.62 bits per heavy atom. The lowest BCUT2D eigenvalue weighted by molar-refractivity contribution is -0.139. The molecule has 0 aliphatic heterocycles. The Hall–Kier alpha value is -1.93. The molecule has 0 bridgehead atoms. The van der Waals surface area contributed by atoms with Gasteiger partial charge in [-0.3, -0.25) is 10.2 Å². The van der Waals surface area contributed by atoms with Gasteiger partial charge in [0.25, 0.3) is 0 Å². The number of carbonyl (C=O) groups excluding carboxylic acids is 1. The maximum atomic E-state index is 11.1. The highest BCUT2D eigenvalue weighted by Gasteiger charge is 2.06. The number of aromatic hydroxyl groups is 1. The number of hydrogen-bond acceptors (Lipinski definition) is 7. The van der Waals surface area contributed by atoms with E-state index in [1.807, 2.05) is 0 Å². The summed E-state index contributed by atoms with van der Waals surface area (Å²) in [5.41, 5.74) is 4.24. The molecule has 0 atom stereocenters. The largest absolute Gasteiger partial charge is 0.507 e. The first-order valence-corrected chi connectivity index (χ1v) is 7.54. The Morgan fingerprint density at radius 2 is 2.43 bits per heavy atom. The van der Waals surface area contributed by atoms with Crippen molar-refractivity contribution in [3.05, 3.63) is 39.3 Å². The quantitative estimate of drug-likeness (QED) is 0.480. The van der Waals surface area contributed by atoms with Gasteiger partial charge in [0.1, 0.15) is 5.75 Å². The number of aromatic nitrogens is 1. The number of ether oxygens (including phenoxy) is 1. The zero-order valence-corrected chi connectivity index (χ0v) is 13.4. The SMILES string of the molecule is COC(=O)Cc1csc(N/N=C\c2ccc(O)c(Br)c2)n1. The van der Waals surface area contributed by atoms with Gasteiger partial charge < -0.3 is 9.84 Å². The van der Waals surface area contributed by atoms with Crippen molar-refractivity contribution in [3.63, 3.8) is 0 Å². The van der Waals surface area contributed by atoms with Gasteiger partial charge in [0.15, 0.2) is 0 Å². The molecule has 0 aliphatic rings. The molecule has 8 heteroatoms. The van der Waals surface area contributed by atoms with Crippen molar-refractivity contribution < 1.29 is 14.6 Å². The third-order valence-corrected chi connectivity index (χ3v) is 3.88. The van der Waals surface area contributed by atoms with Crippen molar-refractivity contribution >= 4 is 44.6 Å². The first kappa shape index (κ1) is 15.5. The van der Waals surface area contributed by atoms with Gasteiger partial charge in [-0.15, -0.1) is 11.3 Å². The van der Waals surface area contributed by atoms with Crippen LogP contribution in [0.25, 0.3) is 0 Å². The number of phenols is 1. The topological polar surface area (TPSA) is 83.8 Å². The normalized spacial score (nSPS) is 10.8. The van der Waals surface area contributed by atoms with Gasteiger partial charge in [0.2, 0.25) is 5.13 Å². The minimum Gasteiger partial charge on any atom is -0.507 e. The molecule has 2 rings (SSSR count). The number of benzene rings is 1. The van der Waals surface area contributed by atoms with Gasteiger partial charge in [-0.1, -0.05) is 0 Å². The number of nitrogens with one attached hydrogen (secondary N) is 1. The van der Waals surface area contributed by atoms with E-state index in [1.54, 1.807) is 29.8 Å². The molecule has 110 valence electrons. The Balaban J connectivity index is 1.94. The number of hydrazone groups is 1. The maximum absolute atomic E-state index is 11.1. The van der Waals surface area contributed by atoms with Gasteiger partial charge in [-0.05, 0) is 39.7 Å². The van der Waals surface area contributed by atoms with Gasteiger partial charge in [0, 0.05) is 5.38 Å². The highest BCUT2D eigenvalue weighted by molar-refractivity contribution is 9.10. The molecule has 0 aliphatic carbocycles. The molecule has 2 aromatic rings. The fraction of sp³-hybridized carbons (Fsp3) is 0.154. The first-order valence-electron chi connectivity index (χ1n) is 5.87. The number of hydrogen-bond donors (Lipinski definition) is 2. The number of thiazole rings is 1. The molecule has 6 nitrogen and oxygen atoms in total. The van der Waals surface area contributed by atoms with Crippen LogP contribution in [0.1, 0.15) is 11.3 Å². The summed E-state index contributed by atoms with van der Waals surface area (Å²) in [6.45, 7) is 0. The van der Waals surface area contributed by atoms with Crippen LogP contribution in [-0.4, -0.2) is 29.4 Å². The van der Waals surface area contributed by atoms with E-state index >= 15 is 0 Å². The predicted molar refractivity (Wildman–Crippen MR) is 84.9 cm³/mol. The lowest BCUT2D eigenvalue weighted by atomic mass is 10.2. The molecule has 0 saturated carbocycles. The highest BCUT2D eigenvalue weighted by atomic mass is 79.9. The fourth-order valence-corrected chi connectivity index (χ4v) is 2.48. The van der Waals surface area contributed by atoms with Crippen LogP contribution in [0, 0.1) is 0 Å². The molecular weight excluding hydrogens is 358 g/mol. The molecule has 0 unspecified atom stereocenters. The van der Waals surface area contributed by atoms with Crippen LogP contribution in [0.3, 0.4) is 0 Å². The number of anilines is 1. The van der Waals surface area contributed by atoms with E-state index < -0.39 is 0 Å². The number of rotatable bonds is 5. The van der Waals surface area contributed by atoms with Crippen LogP contribution in [0.4, 0.5) is 5.13 Å². The second-order valence-corrected chi connectivity index (χ2v) is 5.69. The average molecular weight is 370 g/mol. The molecule has 0 saturated heterocycles. The number of nitrogens with zero attached hydrogens (tertiary/aromatic N) is 2. The van der Waals surface area contributed by atoms with E-state index in [4.69, 9.17) is 0 Å². The monoisotopic (exact) mass is 369 g/mol. The maximum Gasteiger partial charge on any atom is 0.311 e. The van der Waals surface area contributed by atoms with Crippen molar-refractivity contribution in [2.75, 3.05) is 12.5 Å². The Morgan fingerprint density at radius 3 is 3.14 bits per heavy atom. The zero-order chi connectivity index (χ0) is 15.2. The first-order chi connectivity index (χ1) is 10.1. The van der Waals surface area contributed by atoms with Gasteiger partial charge in [0.05, 0.1) is 29.9 Å². The third-order valence-electron chi connectivity index (χ3n) is 2.45. The van der Waals surface area contributed by atoms with E-state index in [-0.39, 0.29) is 18.1 Å². The van der Waals surface area contributed by atoms with E-state index in [0.717, 1.165) is 5.56 Å². The molecule has 0 fully saturated rings. The smallest absolute Gasteiger partial charge is 0.311 e. The molecule has 1 heterocycles. The number of carbonyl (C=O) groups is 1. The summed E-state index contributed by atoms with van der Waals surface area (Å²) in [6, 6.07) is 5.05. The molecule has 0 amide bonds. The summed E-state index contributed by atoms with van der Waals surface area (Å²) < 4.78 is 5.17. The average Bonchev–Trinajstić information content (AvgIpc) is 2.90. The Labute approximate surface area is 133 Å². The van der Waals surface area contributed by atoms with E-state index in [2.05, 4.69) is 36.2 Å². The molecule has 0 radical (unpaired) electrons. The van der Waals surface area contributed by atoms with Crippen LogP contribution >= 0.6 is 27.3 Å². The molecule has 0 spiro atoms. The minimum atomic E-state index is -0.329. The fourth-order valence-electron chi connectivity index (χ4n) is 1.43. The summed E-state index contributed by atoms with van der Waals surface area (Å²) in [5.74, 6) is -0.156. The molecular formula is C13H12BrN3O3S. The molecule has 1 aromatic carbocycles. The lowest BCUT2D eigenvalue weighted by Crippen LogP contribution is -2.04. The summed E-state index contributed by atoms with van der Waals surface area (Å²) >= 11 is 4.58. The van der Waals surface area contributed by atoms with E-state index in [9.17, 15) is 9.90 Å². The molecule has 21 heavy (non-hydrogen) atoms. The Bertz CT molecular complexity index is 672. The van der Waals surface area contributed by atoms with Crippen molar-refractivity contribution in [1.82, 2.24) is 4.98 Å². The minimum absolute atomic E-state index is 0.142. The second-order valence-electron chi connectivity index (χ2n) is 3.98. The highest BCUT2D eigenvalue weighted by Crippen LogP contribution is 2.23. The summed E-state index contributed by atoms with van der Waals surface area (Å²) in [4.78, 5) is 15.3. The molecule has 1 aromatic heterocycles. The summed E-state index contributed by atoms with van der Waals surface area (Å²) in [6.07, 6.45) is 1.74. The van der Waals surface area contributed by atoms with Crippen LogP contribution in [-0.2, 0) is 16.0 Å². The van der Waals surface area contributed by atoms with Crippen LogP contribution in [0.2, 0.25) is 0 Å². The van der Waals surface area contributed by atoms with Crippen molar-refractivity contribution in [2.24, 2.45) is 5.10 Å². The van der Waals surface area contributed by atoms with Gasteiger partial charge in [-0.25, -0.2) is 4.98 Å². The lowest BCUT2D eigenvalue weighted by Gasteiger charge is -1.98. The molecule has 2 N–H and O–H groups in total. The van der Waals surface area contributed by atoms with Crippen LogP contribution in [0.15, 0.2) is 33.2 Å². The van der Waals surface area contributed by atoms with Crippen molar-refractivity contribution in [2.45, 2.75) is 6.42 Å². The Kier molecular flexibility index (Phi) is 5.29. The summed E-state index contributed by atoms with van der Waals surface area (Å²) in [7, 11) is 1.34. The standard InChI is InChI=1S/C13H12BrN3O3S/c1-20-12(19)5-9-7-21-13(16-9)17-15-6-8-2-3-11(18)10(14)4-8/h2-4,6-7,18H,5H2,1H3,(H,16,17)/b15-6-. The van der Waals surface area contributed by atoms with Gasteiger partial charge in [-0.2, -0.15) is 5.10 Å². The predicted octanol–water partition coefficient (Wildman–Crippen LogP) is 2.77.